The molecule has 148 valence electrons. The van der Waals surface area contributed by atoms with Gasteiger partial charge in [0.25, 0.3) is 0 Å². The van der Waals surface area contributed by atoms with Crippen molar-refractivity contribution in [1.82, 2.24) is 9.97 Å². The number of hydrogen-bond donors (Lipinski definition) is 3. The largest absolute Gasteiger partial charge is 0.478 e. The molecule has 0 bridgehead atoms. The Morgan fingerprint density at radius 3 is 2.43 bits per heavy atom. The Hall–Kier alpha value is -3.12. The van der Waals surface area contributed by atoms with Gasteiger partial charge in [0, 0.05) is 7.05 Å². The van der Waals surface area contributed by atoms with Gasteiger partial charge in [-0.3, -0.25) is 0 Å². The van der Waals surface area contributed by atoms with E-state index in [-0.39, 0.29) is 5.95 Å². The first-order chi connectivity index (χ1) is 12.9. The SMILES string of the molecule is CN(c1nc2ccccc2[nH]1)c1cc(C(F)(F)F)c(S(N)(=O)=O)cc1C(=O)O. The van der Waals surface area contributed by atoms with Crippen molar-refractivity contribution < 1.29 is 31.5 Å². The Morgan fingerprint density at radius 1 is 1.25 bits per heavy atom. The van der Waals surface area contributed by atoms with Gasteiger partial charge in [0.2, 0.25) is 16.0 Å². The van der Waals surface area contributed by atoms with Crippen molar-refractivity contribution >= 4 is 38.7 Å². The zero-order chi connectivity index (χ0) is 20.9. The maximum atomic E-state index is 13.4. The van der Waals surface area contributed by atoms with Crippen LogP contribution < -0.4 is 10.0 Å². The highest BCUT2D eigenvalue weighted by Crippen LogP contribution is 2.39. The van der Waals surface area contributed by atoms with Gasteiger partial charge in [-0.1, -0.05) is 12.1 Å². The van der Waals surface area contributed by atoms with Gasteiger partial charge in [-0.2, -0.15) is 13.2 Å². The molecule has 0 saturated heterocycles. The molecule has 0 aliphatic carbocycles. The summed E-state index contributed by atoms with van der Waals surface area (Å²) in [7, 11) is -3.52. The molecule has 4 N–H and O–H groups in total. The molecule has 0 saturated carbocycles. The Morgan fingerprint density at radius 2 is 1.89 bits per heavy atom. The van der Waals surface area contributed by atoms with E-state index in [4.69, 9.17) is 5.14 Å². The van der Waals surface area contributed by atoms with Gasteiger partial charge in [0.15, 0.2) is 0 Å². The number of nitrogens with two attached hydrogens (primary N) is 1. The number of nitrogens with zero attached hydrogens (tertiary/aromatic N) is 2. The fourth-order valence-electron chi connectivity index (χ4n) is 2.69. The minimum Gasteiger partial charge on any atom is -0.478 e. The van der Waals surface area contributed by atoms with E-state index in [9.17, 15) is 31.5 Å². The van der Waals surface area contributed by atoms with E-state index in [0.29, 0.717) is 23.2 Å². The lowest BCUT2D eigenvalue weighted by Gasteiger charge is -2.21. The molecule has 1 heterocycles. The molecule has 0 aliphatic rings. The van der Waals surface area contributed by atoms with Crippen molar-refractivity contribution in [2.75, 3.05) is 11.9 Å². The lowest BCUT2D eigenvalue weighted by atomic mass is 10.1. The van der Waals surface area contributed by atoms with E-state index in [1.807, 2.05) is 0 Å². The normalized spacial score (nSPS) is 12.3. The molecule has 28 heavy (non-hydrogen) atoms. The van der Waals surface area contributed by atoms with Gasteiger partial charge in [-0.25, -0.2) is 23.3 Å². The molecule has 3 rings (SSSR count). The van der Waals surface area contributed by atoms with E-state index in [0.717, 1.165) is 4.90 Å². The van der Waals surface area contributed by atoms with E-state index in [1.54, 1.807) is 24.3 Å². The summed E-state index contributed by atoms with van der Waals surface area (Å²) in [6, 6.07) is 7.59. The van der Waals surface area contributed by atoms with Crippen molar-refractivity contribution in [2.24, 2.45) is 5.14 Å². The van der Waals surface area contributed by atoms with E-state index < -0.39 is 43.9 Å². The first-order valence-corrected chi connectivity index (χ1v) is 9.14. The highest BCUT2D eigenvalue weighted by Gasteiger charge is 2.38. The molecule has 12 heteroatoms. The van der Waals surface area contributed by atoms with Crippen LogP contribution in [0.5, 0.6) is 0 Å². The van der Waals surface area contributed by atoms with Crippen LogP contribution in [0.2, 0.25) is 0 Å². The molecule has 0 fully saturated rings. The number of hydrogen-bond acceptors (Lipinski definition) is 5. The number of aromatic amines is 1. The van der Waals surface area contributed by atoms with Crippen LogP contribution in [0.1, 0.15) is 15.9 Å². The van der Waals surface area contributed by atoms with E-state index in [2.05, 4.69) is 9.97 Å². The van der Waals surface area contributed by atoms with Gasteiger partial charge in [0.1, 0.15) is 0 Å². The predicted molar refractivity (Wildman–Crippen MR) is 93.9 cm³/mol. The van der Waals surface area contributed by atoms with Crippen molar-refractivity contribution in [3.8, 4) is 0 Å². The molecule has 1 aromatic heterocycles. The number of H-pyrrole nitrogens is 1. The summed E-state index contributed by atoms with van der Waals surface area (Å²) >= 11 is 0. The van der Waals surface area contributed by atoms with Crippen LogP contribution in [-0.4, -0.2) is 36.5 Å². The first kappa shape index (κ1) is 19.6. The van der Waals surface area contributed by atoms with Gasteiger partial charge < -0.3 is 15.0 Å². The molecule has 0 spiro atoms. The Bertz CT molecular complexity index is 1160. The summed E-state index contributed by atoms with van der Waals surface area (Å²) in [4.78, 5) is 18.4. The van der Waals surface area contributed by atoms with Crippen LogP contribution in [0.25, 0.3) is 11.0 Å². The molecule has 3 aromatic rings. The number of anilines is 2. The number of sulfonamides is 1. The molecule has 8 nitrogen and oxygen atoms in total. The van der Waals surface area contributed by atoms with Crippen molar-refractivity contribution in [2.45, 2.75) is 11.1 Å². The summed E-state index contributed by atoms with van der Waals surface area (Å²) < 4.78 is 63.4. The molecule has 0 unspecified atom stereocenters. The third-order valence-electron chi connectivity index (χ3n) is 4.00. The van der Waals surface area contributed by atoms with E-state index in [1.165, 1.54) is 7.05 Å². The van der Waals surface area contributed by atoms with Crippen molar-refractivity contribution in [3.63, 3.8) is 0 Å². The summed E-state index contributed by atoms with van der Waals surface area (Å²) in [5.74, 6) is -1.56. The average Bonchev–Trinajstić information content (AvgIpc) is 3.02. The van der Waals surface area contributed by atoms with Crippen LogP contribution >= 0.6 is 0 Å². The number of aromatic nitrogens is 2. The fourth-order valence-corrected chi connectivity index (χ4v) is 3.45. The molecular weight excluding hydrogens is 401 g/mol. The Kier molecular flexibility index (Phi) is 4.55. The number of primary sulfonamides is 1. The van der Waals surface area contributed by atoms with Crippen molar-refractivity contribution in [1.29, 1.82) is 0 Å². The number of carbonyl (C=O) groups is 1. The number of aromatic carboxylic acids is 1. The van der Waals surface area contributed by atoms with Gasteiger partial charge >= 0.3 is 12.1 Å². The molecule has 0 aliphatic heterocycles. The molecule has 2 aromatic carbocycles. The maximum absolute atomic E-state index is 13.4. The number of fused-ring (bicyclic) bond motifs is 1. The smallest absolute Gasteiger partial charge is 0.417 e. The average molecular weight is 414 g/mol. The summed E-state index contributed by atoms with van der Waals surface area (Å²) in [6.45, 7) is 0. The number of imidazole rings is 1. The second-order valence-corrected chi connectivity index (χ2v) is 7.38. The minimum absolute atomic E-state index is 0.0696. The Balaban J connectivity index is 2.27. The molecule has 0 atom stereocenters. The number of rotatable bonds is 4. The lowest BCUT2D eigenvalue weighted by molar-refractivity contribution is -0.139. The quantitative estimate of drug-likeness (QED) is 0.602. The second-order valence-electron chi connectivity index (χ2n) is 5.85. The lowest BCUT2D eigenvalue weighted by Crippen LogP contribution is -2.23. The van der Waals surface area contributed by atoms with Gasteiger partial charge in [0.05, 0.1) is 32.7 Å². The monoisotopic (exact) mass is 414 g/mol. The molecular formula is C16H13F3N4O4S. The highest BCUT2D eigenvalue weighted by atomic mass is 32.2. The van der Waals surface area contributed by atoms with Crippen LogP contribution in [0.3, 0.4) is 0 Å². The minimum atomic E-state index is -5.08. The van der Waals surface area contributed by atoms with Crippen LogP contribution in [0.15, 0.2) is 41.3 Å². The number of carboxylic acid groups (broad SMARTS) is 1. The summed E-state index contributed by atoms with van der Waals surface area (Å²) in [6.07, 6.45) is -5.08. The highest BCUT2D eigenvalue weighted by molar-refractivity contribution is 7.89. The van der Waals surface area contributed by atoms with E-state index >= 15 is 0 Å². The summed E-state index contributed by atoms with van der Waals surface area (Å²) in [5.41, 5.74) is -1.57. The van der Waals surface area contributed by atoms with Crippen LogP contribution in [0, 0.1) is 0 Å². The second kappa shape index (κ2) is 6.49. The zero-order valence-electron chi connectivity index (χ0n) is 14.1. The van der Waals surface area contributed by atoms with Crippen molar-refractivity contribution in [3.05, 3.63) is 47.5 Å². The van der Waals surface area contributed by atoms with Gasteiger partial charge in [-0.15, -0.1) is 0 Å². The Labute approximate surface area is 156 Å². The first-order valence-electron chi connectivity index (χ1n) is 7.59. The predicted octanol–water partition coefficient (Wildman–Crippen LogP) is 2.70. The third-order valence-corrected chi connectivity index (χ3v) is 4.95. The summed E-state index contributed by atoms with van der Waals surface area (Å²) in [5, 5.41) is 14.3. The molecule has 0 amide bonds. The fraction of sp³-hybridized carbons (Fsp3) is 0.125. The third kappa shape index (κ3) is 3.51. The number of nitrogens with one attached hydrogen (secondary N) is 1. The number of halogens is 3. The number of carboxylic acids is 1. The topological polar surface area (TPSA) is 129 Å². The van der Waals surface area contributed by atoms with Crippen LogP contribution in [-0.2, 0) is 16.2 Å². The number of alkyl halides is 3. The number of benzene rings is 2. The number of para-hydroxylation sites is 2. The standard InChI is InChI=1S/C16H13F3N4O4S/c1-23(15-21-10-4-2-3-5-11(10)22-15)12-7-9(16(17,18)19)13(28(20,26)27)6-8(12)14(24)25/h2-7H,1H3,(H,21,22)(H,24,25)(H2,20,26,27). The van der Waals surface area contributed by atoms with Gasteiger partial charge in [-0.05, 0) is 24.3 Å². The molecule has 0 radical (unpaired) electrons. The van der Waals surface area contributed by atoms with Crippen LogP contribution in [0.4, 0.5) is 24.8 Å². The maximum Gasteiger partial charge on any atom is 0.417 e. The zero-order valence-corrected chi connectivity index (χ0v) is 15.0.